The molecule has 0 bridgehead atoms. The molecule has 156 valence electrons. The lowest BCUT2D eigenvalue weighted by atomic mass is 10.1. The number of nitrogens with one attached hydrogen (secondary N) is 2. The minimum absolute atomic E-state index is 0.00392. The van der Waals surface area contributed by atoms with Gasteiger partial charge in [0, 0.05) is 16.1 Å². The fourth-order valence-corrected chi connectivity index (χ4v) is 4.40. The van der Waals surface area contributed by atoms with E-state index in [-0.39, 0.29) is 15.8 Å². The van der Waals surface area contributed by atoms with Crippen molar-refractivity contribution in [2.75, 3.05) is 5.32 Å². The molecular formula is C19H17ClN4O3S3. The van der Waals surface area contributed by atoms with Crippen LogP contribution in [-0.2, 0) is 10.0 Å². The second kappa shape index (κ2) is 9.11. The Balaban J connectivity index is 1.68. The van der Waals surface area contributed by atoms with Crippen LogP contribution in [0.2, 0.25) is 5.02 Å². The summed E-state index contributed by atoms with van der Waals surface area (Å²) in [4.78, 5) is 0.696. The molecule has 2 aromatic carbocycles. The fourth-order valence-electron chi connectivity index (χ4n) is 2.52. The highest BCUT2D eigenvalue weighted by Crippen LogP contribution is 2.39. The van der Waals surface area contributed by atoms with Gasteiger partial charge in [-0.15, -0.1) is 11.3 Å². The third kappa shape index (κ3) is 5.35. The Hall–Kier alpha value is -2.50. The summed E-state index contributed by atoms with van der Waals surface area (Å²) < 4.78 is 22.6. The first kappa shape index (κ1) is 22.2. The predicted molar refractivity (Wildman–Crippen MR) is 126 cm³/mol. The van der Waals surface area contributed by atoms with Crippen molar-refractivity contribution in [3.8, 4) is 16.2 Å². The van der Waals surface area contributed by atoms with Gasteiger partial charge >= 0.3 is 0 Å². The molecule has 0 amide bonds. The maximum atomic E-state index is 11.3. The molecule has 1 aromatic heterocycles. The number of primary sulfonamides is 1. The highest BCUT2D eigenvalue weighted by Gasteiger charge is 2.15. The van der Waals surface area contributed by atoms with E-state index in [1.807, 2.05) is 12.1 Å². The zero-order chi connectivity index (χ0) is 21.9. The van der Waals surface area contributed by atoms with Crippen LogP contribution in [0.15, 0.2) is 63.9 Å². The van der Waals surface area contributed by atoms with E-state index in [0.717, 1.165) is 5.56 Å². The summed E-state index contributed by atoms with van der Waals surface area (Å²) in [5.74, 6) is 0.114. The normalized spacial score (nSPS) is 11.9. The van der Waals surface area contributed by atoms with Gasteiger partial charge < -0.3 is 10.4 Å². The number of nitrogens with zero attached hydrogens (tertiary/aromatic N) is 1. The van der Waals surface area contributed by atoms with Crippen LogP contribution in [0.1, 0.15) is 12.5 Å². The molecule has 3 rings (SSSR count). The molecule has 0 fully saturated rings. The van der Waals surface area contributed by atoms with E-state index in [1.54, 1.807) is 24.4 Å². The quantitative estimate of drug-likeness (QED) is 0.248. The van der Waals surface area contributed by atoms with Gasteiger partial charge in [-0.3, -0.25) is 5.43 Å². The molecule has 0 atom stereocenters. The van der Waals surface area contributed by atoms with Gasteiger partial charge in [-0.1, -0.05) is 23.7 Å². The monoisotopic (exact) mass is 480 g/mol. The van der Waals surface area contributed by atoms with Gasteiger partial charge in [0.2, 0.25) is 10.0 Å². The molecule has 0 radical (unpaired) electrons. The molecule has 0 spiro atoms. The van der Waals surface area contributed by atoms with E-state index in [2.05, 4.69) is 15.8 Å². The number of thiocarbonyl (C=S) groups is 1. The number of aromatic hydroxyl groups is 1. The van der Waals surface area contributed by atoms with Crippen LogP contribution in [-0.4, -0.2) is 24.3 Å². The predicted octanol–water partition coefficient (Wildman–Crippen LogP) is 4.13. The second-order valence-corrected chi connectivity index (χ2v) is 9.46. The Morgan fingerprint density at radius 1 is 1.23 bits per heavy atom. The van der Waals surface area contributed by atoms with Crippen LogP contribution in [0.25, 0.3) is 10.4 Å². The van der Waals surface area contributed by atoms with Gasteiger partial charge in [0.15, 0.2) is 5.11 Å². The molecule has 7 nitrogen and oxygen atoms in total. The van der Waals surface area contributed by atoms with E-state index >= 15 is 0 Å². The lowest BCUT2D eigenvalue weighted by Crippen LogP contribution is -2.25. The lowest BCUT2D eigenvalue weighted by molar-refractivity contribution is 0.478. The van der Waals surface area contributed by atoms with E-state index in [0.29, 0.717) is 26.9 Å². The summed E-state index contributed by atoms with van der Waals surface area (Å²) in [6.07, 6.45) is 0. The van der Waals surface area contributed by atoms with E-state index in [1.165, 1.54) is 35.6 Å². The van der Waals surface area contributed by atoms with Gasteiger partial charge in [-0.05, 0) is 61.1 Å². The maximum Gasteiger partial charge on any atom is 0.238 e. The Morgan fingerprint density at radius 2 is 1.93 bits per heavy atom. The van der Waals surface area contributed by atoms with Gasteiger partial charge in [0.25, 0.3) is 0 Å². The van der Waals surface area contributed by atoms with Crippen molar-refractivity contribution in [2.24, 2.45) is 10.2 Å². The molecule has 0 aliphatic heterocycles. The van der Waals surface area contributed by atoms with Gasteiger partial charge in [-0.25, -0.2) is 13.6 Å². The van der Waals surface area contributed by atoms with Crippen LogP contribution in [0.4, 0.5) is 5.69 Å². The second-order valence-electron chi connectivity index (χ2n) is 6.17. The van der Waals surface area contributed by atoms with Crippen LogP contribution in [0, 0.1) is 0 Å². The number of benzene rings is 2. The third-order valence-electron chi connectivity index (χ3n) is 4.01. The summed E-state index contributed by atoms with van der Waals surface area (Å²) in [7, 11) is -3.75. The Labute approximate surface area is 188 Å². The fraction of sp³-hybridized carbons (Fsp3) is 0.0526. The first-order valence-corrected chi connectivity index (χ1v) is 11.7. The number of hydrogen-bond donors (Lipinski definition) is 4. The minimum Gasteiger partial charge on any atom is -0.506 e. The molecule has 5 N–H and O–H groups in total. The van der Waals surface area contributed by atoms with Crippen LogP contribution < -0.4 is 15.9 Å². The van der Waals surface area contributed by atoms with Crippen molar-refractivity contribution < 1.29 is 13.5 Å². The van der Waals surface area contributed by atoms with Crippen LogP contribution >= 0.6 is 35.2 Å². The lowest BCUT2D eigenvalue weighted by Gasteiger charge is -2.08. The van der Waals surface area contributed by atoms with Gasteiger partial charge in [-0.2, -0.15) is 5.10 Å². The maximum absolute atomic E-state index is 11.3. The molecule has 1 heterocycles. The van der Waals surface area contributed by atoms with E-state index in [9.17, 15) is 13.5 Å². The number of rotatable bonds is 5. The Bertz CT molecular complexity index is 1220. The minimum atomic E-state index is -3.75. The van der Waals surface area contributed by atoms with Crippen molar-refractivity contribution in [1.29, 1.82) is 0 Å². The zero-order valence-corrected chi connectivity index (χ0v) is 18.8. The molecule has 30 heavy (non-hydrogen) atoms. The SMILES string of the molecule is CC(=NNC(=S)Nc1ccc(S(N)(=O)=O)cc1)c1csc(-c2cccc(Cl)c2)c1O. The topological polar surface area (TPSA) is 117 Å². The summed E-state index contributed by atoms with van der Waals surface area (Å²) in [5.41, 5.74) is 5.18. The number of halogens is 1. The summed E-state index contributed by atoms with van der Waals surface area (Å²) in [5, 5.41) is 25.3. The van der Waals surface area contributed by atoms with Crippen molar-refractivity contribution in [3.63, 3.8) is 0 Å². The number of sulfonamides is 1. The molecule has 0 saturated carbocycles. The first-order chi connectivity index (χ1) is 14.1. The zero-order valence-electron chi connectivity index (χ0n) is 15.6. The van der Waals surface area contributed by atoms with Crippen molar-refractivity contribution in [3.05, 3.63) is 64.5 Å². The average Bonchev–Trinajstić information content (AvgIpc) is 3.07. The van der Waals surface area contributed by atoms with Crippen molar-refractivity contribution >= 4 is 61.7 Å². The molecule has 11 heteroatoms. The number of hydrazone groups is 1. The van der Waals surface area contributed by atoms with Crippen LogP contribution in [0.5, 0.6) is 5.75 Å². The summed E-state index contributed by atoms with van der Waals surface area (Å²) >= 11 is 12.6. The Kier molecular flexibility index (Phi) is 6.74. The van der Waals surface area contributed by atoms with Gasteiger partial charge in [0.05, 0.1) is 21.0 Å². The van der Waals surface area contributed by atoms with E-state index in [4.69, 9.17) is 29.0 Å². The molecule has 3 aromatic rings. The van der Waals surface area contributed by atoms with E-state index < -0.39 is 10.0 Å². The molecule has 0 unspecified atom stereocenters. The first-order valence-electron chi connectivity index (χ1n) is 8.46. The summed E-state index contributed by atoms with van der Waals surface area (Å²) in [6, 6.07) is 13.0. The number of nitrogens with two attached hydrogens (primary N) is 1. The van der Waals surface area contributed by atoms with Crippen molar-refractivity contribution in [1.82, 2.24) is 5.43 Å². The highest BCUT2D eigenvalue weighted by atomic mass is 35.5. The smallest absolute Gasteiger partial charge is 0.238 e. The molecule has 0 aliphatic rings. The average molecular weight is 481 g/mol. The van der Waals surface area contributed by atoms with Crippen molar-refractivity contribution in [2.45, 2.75) is 11.8 Å². The molecule has 0 aliphatic carbocycles. The van der Waals surface area contributed by atoms with Crippen LogP contribution in [0.3, 0.4) is 0 Å². The number of anilines is 1. The highest BCUT2D eigenvalue weighted by molar-refractivity contribution is 7.89. The Morgan fingerprint density at radius 3 is 2.57 bits per heavy atom. The summed E-state index contributed by atoms with van der Waals surface area (Å²) in [6.45, 7) is 1.74. The standard InChI is InChI=1S/C19H17ClN4O3S3/c1-11(16-10-29-18(17(16)25)12-3-2-4-13(20)9-12)23-24-19(28)22-14-5-7-15(8-6-14)30(21,26)27/h2-10,25H,1H3,(H2,21,26,27)(H2,22,24,28). The molecular weight excluding hydrogens is 464 g/mol. The third-order valence-corrected chi connectivity index (χ3v) is 6.38. The molecule has 0 saturated heterocycles. The number of thiophene rings is 1. The number of hydrogen-bond acceptors (Lipinski definition) is 6. The van der Waals surface area contributed by atoms with Gasteiger partial charge in [0.1, 0.15) is 5.75 Å². The largest absolute Gasteiger partial charge is 0.506 e.